The van der Waals surface area contributed by atoms with Crippen molar-refractivity contribution in [1.29, 1.82) is 0 Å². The van der Waals surface area contributed by atoms with E-state index in [9.17, 15) is 9.90 Å². The van der Waals surface area contributed by atoms with Gasteiger partial charge >= 0.3 is 0 Å². The molecule has 0 saturated carbocycles. The summed E-state index contributed by atoms with van der Waals surface area (Å²) in [7, 11) is 1.77. The van der Waals surface area contributed by atoms with E-state index in [1.807, 2.05) is 13.0 Å². The first-order chi connectivity index (χ1) is 12.5. The molecule has 8 heteroatoms. The lowest BCUT2D eigenvalue weighted by Gasteiger charge is -2.22. The highest BCUT2D eigenvalue weighted by Crippen LogP contribution is 2.21. The first-order valence-electron chi connectivity index (χ1n) is 9.09. The van der Waals surface area contributed by atoms with E-state index in [1.54, 1.807) is 17.8 Å². The van der Waals surface area contributed by atoms with Crippen molar-refractivity contribution in [1.82, 2.24) is 19.5 Å². The molecular weight excluding hydrogens is 332 g/mol. The van der Waals surface area contributed by atoms with Gasteiger partial charge in [0.15, 0.2) is 0 Å². The van der Waals surface area contributed by atoms with Crippen molar-refractivity contribution in [2.24, 2.45) is 7.05 Å². The van der Waals surface area contributed by atoms with Crippen molar-refractivity contribution in [3.8, 4) is 0 Å². The molecule has 0 unspecified atom stereocenters. The lowest BCUT2D eigenvalue weighted by Crippen LogP contribution is -2.30. The Labute approximate surface area is 152 Å². The molecule has 2 aliphatic rings. The second kappa shape index (κ2) is 6.68. The Bertz CT molecular complexity index is 880. The zero-order valence-electron chi connectivity index (χ0n) is 15.2. The van der Waals surface area contributed by atoms with E-state index in [-0.39, 0.29) is 11.7 Å². The van der Waals surface area contributed by atoms with E-state index in [2.05, 4.69) is 19.8 Å². The molecule has 0 aromatic carbocycles. The van der Waals surface area contributed by atoms with Gasteiger partial charge in [0.25, 0.3) is 5.56 Å². The SMILES string of the molecule is Cc1nc2c(c(=O)n1C)CCN(c1nccc(N3CC[C@H](O)C3)n1)CC2. The maximum atomic E-state index is 12.5. The predicted octanol–water partition coefficient (Wildman–Crippen LogP) is 0.0549. The summed E-state index contributed by atoms with van der Waals surface area (Å²) in [4.78, 5) is 30.5. The molecule has 0 aliphatic carbocycles. The third-order valence-corrected chi connectivity index (χ3v) is 5.34. The van der Waals surface area contributed by atoms with Gasteiger partial charge in [-0.2, -0.15) is 4.98 Å². The monoisotopic (exact) mass is 356 g/mol. The molecule has 1 N–H and O–H groups in total. The predicted molar refractivity (Wildman–Crippen MR) is 98.7 cm³/mol. The number of nitrogens with zero attached hydrogens (tertiary/aromatic N) is 6. The van der Waals surface area contributed by atoms with Crippen LogP contribution in [0, 0.1) is 6.92 Å². The summed E-state index contributed by atoms with van der Waals surface area (Å²) in [5.41, 5.74) is 1.75. The molecule has 2 aliphatic heterocycles. The first-order valence-corrected chi connectivity index (χ1v) is 9.09. The molecule has 2 aromatic heterocycles. The Kier molecular flexibility index (Phi) is 4.36. The molecule has 1 fully saturated rings. The summed E-state index contributed by atoms with van der Waals surface area (Å²) in [5.74, 6) is 2.26. The van der Waals surface area contributed by atoms with Crippen molar-refractivity contribution in [3.63, 3.8) is 0 Å². The first kappa shape index (κ1) is 17.0. The topological polar surface area (TPSA) is 87.4 Å². The van der Waals surface area contributed by atoms with Crippen LogP contribution < -0.4 is 15.4 Å². The van der Waals surface area contributed by atoms with E-state index < -0.39 is 0 Å². The van der Waals surface area contributed by atoms with Crippen molar-refractivity contribution in [2.75, 3.05) is 36.0 Å². The molecular formula is C18H24N6O2. The number of rotatable bonds is 2. The number of hydrogen-bond acceptors (Lipinski definition) is 7. The van der Waals surface area contributed by atoms with Crippen molar-refractivity contribution in [2.45, 2.75) is 32.3 Å². The highest BCUT2D eigenvalue weighted by Gasteiger charge is 2.24. The molecule has 8 nitrogen and oxygen atoms in total. The second-order valence-electron chi connectivity index (χ2n) is 7.04. The van der Waals surface area contributed by atoms with Crippen LogP contribution in [-0.2, 0) is 19.9 Å². The summed E-state index contributed by atoms with van der Waals surface area (Å²) in [6, 6.07) is 1.88. The van der Waals surface area contributed by atoms with Crippen molar-refractivity contribution >= 4 is 11.8 Å². The van der Waals surface area contributed by atoms with Crippen LogP contribution in [0.15, 0.2) is 17.1 Å². The summed E-state index contributed by atoms with van der Waals surface area (Å²) < 4.78 is 1.62. The fraction of sp³-hybridized carbons (Fsp3) is 0.556. The quantitative estimate of drug-likeness (QED) is 0.814. The third-order valence-electron chi connectivity index (χ3n) is 5.34. The molecule has 0 spiro atoms. The normalized spacial score (nSPS) is 20.2. The fourth-order valence-electron chi connectivity index (χ4n) is 3.69. The molecule has 0 amide bonds. The van der Waals surface area contributed by atoms with Gasteiger partial charge in [0.1, 0.15) is 11.6 Å². The number of β-amino-alcohol motifs (C(OH)–C–C–N with tert-alkyl or cyclic N) is 1. The minimum absolute atomic E-state index is 0.0510. The van der Waals surface area contributed by atoms with E-state index in [0.717, 1.165) is 42.4 Å². The van der Waals surface area contributed by atoms with E-state index in [1.165, 1.54) is 0 Å². The molecule has 4 rings (SSSR count). The van der Waals surface area contributed by atoms with Gasteiger partial charge in [0.05, 0.1) is 11.8 Å². The van der Waals surface area contributed by atoms with Gasteiger partial charge < -0.3 is 14.9 Å². The number of anilines is 2. The maximum Gasteiger partial charge on any atom is 0.256 e. The van der Waals surface area contributed by atoms with Gasteiger partial charge in [-0.15, -0.1) is 0 Å². The molecule has 1 atom stereocenters. The Morgan fingerprint density at radius 2 is 1.96 bits per heavy atom. The van der Waals surface area contributed by atoms with Crippen LogP contribution in [0.5, 0.6) is 0 Å². The summed E-state index contributed by atoms with van der Waals surface area (Å²) in [6.45, 7) is 4.71. The number of aryl methyl sites for hydroxylation is 1. The smallest absolute Gasteiger partial charge is 0.256 e. The van der Waals surface area contributed by atoms with Gasteiger partial charge in [-0.1, -0.05) is 0 Å². The van der Waals surface area contributed by atoms with Crippen LogP contribution in [0.2, 0.25) is 0 Å². The molecule has 0 radical (unpaired) electrons. The van der Waals surface area contributed by atoms with E-state index in [4.69, 9.17) is 4.98 Å². The minimum Gasteiger partial charge on any atom is -0.391 e. The highest BCUT2D eigenvalue weighted by molar-refractivity contribution is 5.45. The number of aliphatic hydroxyl groups is 1. The lowest BCUT2D eigenvalue weighted by atomic mass is 10.1. The van der Waals surface area contributed by atoms with Crippen LogP contribution in [0.25, 0.3) is 0 Å². The Hall–Kier alpha value is -2.48. The largest absolute Gasteiger partial charge is 0.391 e. The zero-order valence-corrected chi connectivity index (χ0v) is 15.2. The Balaban J connectivity index is 1.57. The van der Waals surface area contributed by atoms with Gasteiger partial charge in [-0.25, -0.2) is 9.97 Å². The van der Waals surface area contributed by atoms with Crippen molar-refractivity contribution in [3.05, 3.63) is 39.7 Å². The molecule has 1 saturated heterocycles. The third kappa shape index (κ3) is 3.05. The second-order valence-corrected chi connectivity index (χ2v) is 7.04. The fourth-order valence-corrected chi connectivity index (χ4v) is 3.69. The van der Waals surface area contributed by atoms with Crippen LogP contribution in [0.3, 0.4) is 0 Å². The van der Waals surface area contributed by atoms with Crippen LogP contribution >= 0.6 is 0 Å². The van der Waals surface area contributed by atoms with Crippen LogP contribution in [-0.4, -0.2) is 56.9 Å². The number of aromatic nitrogens is 4. The maximum absolute atomic E-state index is 12.5. The molecule has 26 heavy (non-hydrogen) atoms. The molecule has 4 heterocycles. The van der Waals surface area contributed by atoms with Gasteiger partial charge in [0.2, 0.25) is 5.95 Å². The zero-order chi connectivity index (χ0) is 18.3. The average Bonchev–Trinajstić information content (AvgIpc) is 2.96. The van der Waals surface area contributed by atoms with Gasteiger partial charge in [0, 0.05) is 51.4 Å². The van der Waals surface area contributed by atoms with Gasteiger partial charge in [-0.05, 0) is 25.8 Å². The van der Waals surface area contributed by atoms with Crippen LogP contribution in [0.4, 0.5) is 11.8 Å². The number of hydrogen-bond donors (Lipinski definition) is 1. The average molecular weight is 356 g/mol. The van der Waals surface area contributed by atoms with Crippen LogP contribution in [0.1, 0.15) is 23.5 Å². The summed E-state index contributed by atoms with van der Waals surface area (Å²) in [5, 5.41) is 9.75. The molecule has 2 aromatic rings. The number of aliphatic hydroxyl groups excluding tert-OH is 1. The Morgan fingerprint density at radius 1 is 1.15 bits per heavy atom. The number of fused-ring (bicyclic) bond motifs is 1. The summed E-state index contributed by atoms with van der Waals surface area (Å²) >= 11 is 0. The Morgan fingerprint density at radius 3 is 2.73 bits per heavy atom. The highest BCUT2D eigenvalue weighted by atomic mass is 16.3. The van der Waals surface area contributed by atoms with Crippen molar-refractivity contribution < 1.29 is 5.11 Å². The molecule has 138 valence electrons. The summed E-state index contributed by atoms with van der Waals surface area (Å²) in [6.07, 6.45) is 3.61. The minimum atomic E-state index is -0.286. The van der Waals surface area contributed by atoms with E-state index in [0.29, 0.717) is 31.9 Å². The standard InChI is InChI=1S/C18H24N6O2/c1-12-20-15-6-10-23(9-5-14(15)17(26)22(12)2)18-19-7-3-16(21-18)24-8-4-13(25)11-24/h3,7,13,25H,4-6,8-11H2,1-2H3/t13-/m0/s1. The molecule has 0 bridgehead atoms. The van der Waals surface area contributed by atoms with E-state index >= 15 is 0 Å². The van der Waals surface area contributed by atoms with Gasteiger partial charge in [-0.3, -0.25) is 9.36 Å². The lowest BCUT2D eigenvalue weighted by molar-refractivity contribution is 0.198.